The first-order chi connectivity index (χ1) is 6.54. The Hall–Kier alpha value is -1.30. The van der Waals surface area contributed by atoms with Crippen LogP contribution in [0.1, 0.15) is 34.6 Å². The van der Waals surface area contributed by atoms with E-state index in [9.17, 15) is 4.79 Å². The van der Waals surface area contributed by atoms with E-state index in [-0.39, 0.29) is 5.91 Å². The smallest absolute Gasteiger partial charge is 0.240 e. The summed E-state index contributed by atoms with van der Waals surface area (Å²) in [6, 6.07) is 1.93. The number of nitrogens with zero attached hydrogens (tertiary/aromatic N) is 1. The minimum atomic E-state index is -0.929. The summed E-state index contributed by atoms with van der Waals surface area (Å²) < 4.78 is 0. The summed E-state index contributed by atoms with van der Waals surface area (Å²) in [6.07, 6.45) is 3.67. The van der Waals surface area contributed by atoms with E-state index in [1.54, 1.807) is 13.8 Å². The quantitative estimate of drug-likeness (QED) is 0.704. The number of rotatable bonds is 3. The SMILES string of the molecule is C/C=C/CNC(=O)C(C)(C)C#N.CC. The zero-order chi connectivity index (χ0) is 11.6. The van der Waals surface area contributed by atoms with Crippen LogP contribution in [-0.4, -0.2) is 12.5 Å². The van der Waals surface area contributed by atoms with E-state index in [2.05, 4.69) is 5.32 Å². The molecule has 0 saturated heterocycles. The standard InChI is InChI=1S/C9H14N2O.C2H6/c1-4-5-6-11-8(12)9(2,3)7-10;1-2/h4-5H,6H2,1-3H3,(H,11,12);1-2H3/b5-4+;. The summed E-state index contributed by atoms with van der Waals surface area (Å²) in [4.78, 5) is 11.2. The van der Waals surface area contributed by atoms with Gasteiger partial charge in [-0.05, 0) is 20.8 Å². The Bertz CT molecular complexity index is 224. The molecule has 0 rings (SSSR count). The van der Waals surface area contributed by atoms with Crippen molar-refractivity contribution in [2.24, 2.45) is 5.41 Å². The van der Waals surface area contributed by atoms with Crippen LogP contribution in [0.2, 0.25) is 0 Å². The molecule has 0 unspecified atom stereocenters. The third-order valence-corrected chi connectivity index (χ3v) is 1.46. The van der Waals surface area contributed by atoms with Crippen LogP contribution in [0.4, 0.5) is 0 Å². The van der Waals surface area contributed by atoms with E-state index in [0.717, 1.165) is 0 Å². The lowest BCUT2D eigenvalue weighted by Crippen LogP contribution is -2.35. The third kappa shape index (κ3) is 6.24. The number of nitriles is 1. The zero-order valence-corrected chi connectivity index (χ0v) is 9.72. The summed E-state index contributed by atoms with van der Waals surface area (Å²) >= 11 is 0. The summed E-state index contributed by atoms with van der Waals surface area (Å²) in [6.45, 7) is 9.55. The van der Waals surface area contributed by atoms with Gasteiger partial charge in [-0.3, -0.25) is 4.79 Å². The van der Waals surface area contributed by atoms with Gasteiger partial charge in [-0.15, -0.1) is 0 Å². The molecule has 0 saturated carbocycles. The Morgan fingerprint density at radius 3 is 2.36 bits per heavy atom. The lowest BCUT2D eigenvalue weighted by Gasteiger charge is -2.13. The second-order valence-corrected chi connectivity index (χ2v) is 3.02. The van der Waals surface area contributed by atoms with Crippen LogP contribution in [0.5, 0.6) is 0 Å². The molecule has 0 bridgehead atoms. The number of amides is 1. The summed E-state index contributed by atoms with van der Waals surface area (Å²) in [5.74, 6) is -0.233. The van der Waals surface area contributed by atoms with Crippen molar-refractivity contribution >= 4 is 5.91 Å². The topological polar surface area (TPSA) is 52.9 Å². The van der Waals surface area contributed by atoms with Crippen molar-refractivity contribution in [3.05, 3.63) is 12.2 Å². The fourth-order valence-corrected chi connectivity index (χ4v) is 0.541. The van der Waals surface area contributed by atoms with Crippen LogP contribution >= 0.6 is 0 Å². The van der Waals surface area contributed by atoms with Crippen LogP contribution in [0.15, 0.2) is 12.2 Å². The molecule has 0 aromatic rings. The highest BCUT2D eigenvalue weighted by atomic mass is 16.2. The Kier molecular flexibility index (Phi) is 9.01. The Morgan fingerprint density at radius 2 is 2.00 bits per heavy atom. The van der Waals surface area contributed by atoms with Gasteiger partial charge in [-0.2, -0.15) is 5.26 Å². The first kappa shape index (κ1) is 15.2. The van der Waals surface area contributed by atoms with Crippen molar-refractivity contribution in [3.8, 4) is 6.07 Å². The van der Waals surface area contributed by atoms with Crippen molar-refractivity contribution in [3.63, 3.8) is 0 Å². The molecular formula is C11H20N2O. The van der Waals surface area contributed by atoms with E-state index in [0.29, 0.717) is 6.54 Å². The average molecular weight is 196 g/mol. The average Bonchev–Trinajstić information content (AvgIpc) is 2.21. The lowest BCUT2D eigenvalue weighted by atomic mass is 9.95. The molecule has 0 aromatic heterocycles. The van der Waals surface area contributed by atoms with Gasteiger partial charge in [0.05, 0.1) is 6.07 Å². The molecule has 3 nitrogen and oxygen atoms in total. The molecule has 0 fully saturated rings. The van der Waals surface area contributed by atoms with Gasteiger partial charge >= 0.3 is 0 Å². The predicted molar refractivity (Wildman–Crippen MR) is 58.6 cm³/mol. The van der Waals surface area contributed by atoms with E-state index < -0.39 is 5.41 Å². The van der Waals surface area contributed by atoms with Gasteiger partial charge in [0.1, 0.15) is 5.41 Å². The monoisotopic (exact) mass is 196 g/mol. The minimum absolute atomic E-state index is 0.233. The van der Waals surface area contributed by atoms with Gasteiger partial charge in [-0.25, -0.2) is 0 Å². The van der Waals surface area contributed by atoms with Crippen molar-refractivity contribution in [1.29, 1.82) is 5.26 Å². The number of carbonyl (C=O) groups is 1. The van der Waals surface area contributed by atoms with Crippen molar-refractivity contribution in [1.82, 2.24) is 5.32 Å². The summed E-state index contributed by atoms with van der Waals surface area (Å²) in [7, 11) is 0. The maximum absolute atomic E-state index is 11.2. The predicted octanol–water partition coefficient (Wildman–Crippen LogP) is 2.25. The van der Waals surface area contributed by atoms with Gasteiger partial charge in [0, 0.05) is 6.54 Å². The number of hydrogen-bond acceptors (Lipinski definition) is 2. The highest BCUT2D eigenvalue weighted by molar-refractivity contribution is 5.84. The van der Waals surface area contributed by atoms with Gasteiger partial charge in [0.2, 0.25) is 5.91 Å². The normalized spacial score (nSPS) is 10.0. The number of nitrogens with one attached hydrogen (secondary N) is 1. The third-order valence-electron chi connectivity index (χ3n) is 1.46. The Balaban J connectivity index is 0. The molecule has 0 spiro atoms. The van der Waals surface area contributed by atoms with Crippen LogP contribution in [-0.2, 0) is 4.79 Å². The highest BCUT2D eigenvalue weighted by Crippen LogP contribution is 2.11. The first-order valence-corrected chi connectivity index (χ1v) is 4.85. The van der Waals surface area contributed by atoms with Gasteiger partial charge < -0.3 is 5.32 Å². The molecule has 0 aliphatic rings. The van der Waals surface area contributed by atoms with Crippen LogP contribution in [0.3, 0.4) is 0 Å². The molecule has 80 valence electrons. The molecule has 1 N–H and O–H groups in total. The zero-order valence-electron chi connectivity index (χ0n) is 9.72. The van der Waals surface area contributed by atoms with Crippen LogP contribution in [0.25, 0.3) is 0 Å². The van der Waals surface area contributed by atoms with Gasteiger partial charge in [0.15, 0.2) is 0 Å². The molecule has 14 heavy (non-hydrogen) atoms. The van der Waals surface area contributed by atoms with Gasteiger partial charge in [-0.1, -0.05) is 26.0 Å². The van der Waals surface area contributed by atoms with Crippen molar-refractivity contribution in [2.45, 2.75) is 34.6 Å². The molecule has 0 aliphatic heterocycles. The van der Waals surface area contributed by atoms with Gasteiger partial charge in [0.25, 0.3) is 0 Å². The van der Waals surface area contributed by atoms with Crippen molar-refractivity contribution < 1.29 is 4.79 Å². The molecule has 0 aliphatic carbocycles. The van der Waals surface area contributed by atoms with Crippen molar-refractivity contribution in [2.75, 3.05) is 6.54 Å². The molecule has 0 aromatic carbocycles. The van der Waals surface area contributed by atoms with E-state index in [1.165, 1.54) is 0 Å². The molecule has 0 radical (unpaired) electrons. The van der Waals surface area contributed by atoms with Crippen LogP contribution in [0, 0.1) is 16.7 Å². The van der Waals surface area contributed by atoms with E-state index in [4.69, 9.17) is 5.26 Å². The second kappa shape index (κ2) is 8.31. The number of allylic oxidation sites excluding steroid dienone is 1. The molecule has 1 amide bonds. The first-order valence-electron chi connectivity index (χ1n) is 4.85. The Morgan fingerprint density at radius 1 is 1.50 bits per heavy atom. The molecule has 0 heterocycles. The number of carbonyl (C=O) groups excluding carboxylic acids is 1. The summed E-state index contributed by atoms with van der Waals surface area (Å²) in [5, 5.41) is 11.2. The highest BCUT2D eigenvalue weighted by Gasteiger charge is 2.26. The minimum Gasteiger partial charge on any atom is -0.351 e. The maximum atomic E-state index is 11.2. The maximum Gasteiger partial charge on any atom is 0.240 e. The molecule has 0 atom stereocenters. The number of hydrogen-bond donors (Lipinski definition) is 1. The largest absolute Gasteiger partial charge is 0.351 e. The van der Waals surface area contributed by atoms with E-state index >= 15 is 0 Å². The summed E-state index contributed by atoms with van der Waals surface area (Å²) in [5.41, 5.74) is -0.929. The molecule has 3 heteroatoms. The fourth-order valence-electron chi connectivity index (χ4n) is 0.541. The lowest BCUT2D eigenvalue weighted by molar-refractivity contribution is -0.126. The Labute approximate surface area is 86.8 Å². The van der Waals surface area contributed by atoms with Crippen LogP contribution < -0.4 is 5.32 Å². The van der Waals surface area contributed by atoms with E-state index in [1.807, 2.05) is 39.0 Å². The molecular weight excluding hydrogens is 176 g/mol. The fraction of sp³-hybridized carbons (Fsp3) is 0.636. The second-order valence-electron chi connectivity index (χ2n) is 3.02.